The molecule has 7 aliphatic rings. The van der Waals surface area contributed by atoms with Gasteiger partial charge in [0.25, 0.3) is 0 Å². The number of alkyl halides is 1. The van der Waals surface area contributed by atoms with Crippen LogP contribution in [-0.4, -0.2) is 27.5 Å². The molecule has 3 heterocycles. The maximum atomic E-state index is 3.06. The quantitative estimate of drug-likeness (QED) is 0.337. The van der Waals surface area contributed by atoms with Gasteiger partial charge in [-0.15, -0.1) is 0 Å². The van der Waals surface area contributed by atoms with Gasteiger partial charge in [-0.3, -0.25) is 4.90 Å². The molecule has 7 fully saturated rings. The Morgan fingerprint density at radius 2 is 1.54 bits per heavy atom. The molecule has 4 aliphatic carbocycles. The summed E-state index contributed by atoms with van der Waals surface area (Å²) in [6.07, 6.45) is 14.0. The molecule has 7 rings (SSSR count). The van der Waals surface area contributed by atoms with Crippen LogP contribution in [0.1, 0.15) is 71.6 Å². The Kier molecular flexibility index (Phi) is 4.28. The summed E-state index contributed by atoms with van der Waals surface area (Å²) in [6.45, 7) is 6.78. The molecule has 0 aromatic rings. The molecule has 0 N–H and O–H groups in total. The van der Waals surface area contributed by atoms with Gasteiger partial charge in [-0.2, -0.15) is 0 Å². The molecule has 0 aromatic carbocycles. The summed E-state index contributed by atoms with van der Waals surface area (Å²) in [5.41, 5.74) is 0. The lowest BCUT2D eigenvalue weighted by Gasteiger charge is -2.72. The fourth-order valence-corrected chi connectivity index (χ4v) is 10.6. The van der Waals surface area contributed by atoms with E-state index in [0.29, 0.717) is 0 Å². The number of hydrogen-bond acceptors (Lipinski definition) is 1. The molecule has 4 saturated carbocycles. The van der Waals surface area contributed by atoms with E-state index in [1.165, 1.54) is 19.4 Å². The van der Waals surface area contributed by atoms with Crippen molar-refractivity contribution in [3.05, 3.63) is 0 Å². The van der Waals surface area contributed by atoms with Crippen LogP contribution in [0.3, 0.4) is 0 Å². The normalized spacial score (nSPS) is 61.5. The Bertz CT molecular complexity index is 562. The van der Waals surface area contributed by atoms with Gasteiger partial charge in [0, 0.05) is 22.6 Å². The molecule has 4 bridgehead atoms. The van der Waals surface area contributed by atoms with E-state index < -0.39 is 0 Å². The summed E-state index contributed by atoms with van der Waals surface area (Å²) in [7, 11) is 0. The molecule has 0 radical (unpaired) electrons. The number of piperidine rings is 2. The zero-order chi connectivity index (χ0) is 17.6. The van der Waals surface area contributed by atoms with Crippen LogP contribution in [-0.2, 0) is 0 Å². The van der Waals surface area contributed by atoms with E-state index in [1.807, 2.05) is 0 Å². The topological polar surface area (TPSA) is 3.24 Å². The fraction of sp³-hybridized carbons (Fsp3) is 1.00. The molecule has 0 amide bonds. The van der Waals surface area contributed by atoms with Crippen molar-refractivity contribution in [2.24, 2.45) is 53.3 Å². The maximum Gasteiger partial charge on any atom is 0.0170 e. The van der Waals surface area contributed by atoms with Gasteiger partial charge in [-0.25, -0.2) is 0 Å². The van der Waals surface area contributed by atoms with Crippen LogP contribution < -0.4 is 0 Å². The van der Waals surface area contributed by atoms with Gasteiger partial charge in [-0.1, -0.05) is 49.3 Å². The Morgan fingerprint density at radius 3 is 2.38 bits per heavy atom. The van der Waals surface area contributed by atoms with E-state index in [0.717, 1.165) is 69.3 Å². The highest BCUT2D eigenvalue weighted by molar-refractivity contribution is 14.1. The van der Waals surface area contributed by atoms with E-state index in [4.69, 9.17) is 0 Å². The first kappa shape index (κ1) is 17.5. The molecule has 146 valence electrons. The monoisotopic (exact) mass is 467 g/mol. The molecule has 7 unspecified atom stereocenters. The third-order valence-electron chi connectivity index (χ3n) is 10.5. The van der Waals surface area contributed by atoms with Crippen LogP contribution in [0, 0.1) is 53.3 Å². The van der Waals surface area contributed by atoms with Gasteiger partial charge in [-0.05, 0) is 98.2 Å². The van der Waals surface area contributed by atoms with Gasteiger partial charge in [0.15, 0.2) is 0 Å². The number of fused-ring (bicyclic) bond motifs is 5. The standard InChI is InChI=1S/C24H38IN/c1-13-7-16-9-20(19(13)11-22(16)25)18-6-4-3-5-15-8-17-10-21-23(14(18)2)26(12-15)24(17)21/h13-24H,3-12H2,1-2H3/t13?,14-,15+,16?,17-,18?,19?,20+,21?,22+,23?,24?/m1/s1. The van der Waals surface area contributed by atoms with Gasteiger partial charge < -0.3 is 0 Å². The second kappa shape index (κ2) is 6.34. The first-order valence-electron chi connectivity index (χ1n) is 12.0. The van der Waals surface area contributed by atoms with Crippen molar-refractivity contribution in [2.45, 2.75) is 87.6 Å². The molecule has 3 aliphatic heterocycles. The minimum Gasteiger partial charge on any atom is -0.296 e. The number of hydrogen-bond donors (Lipinski definition) is 0. The first-order valence-corrected chi connectivity index (χ1v) is 13.3. The van der Waals surface area contributed by atoms with Crippen molar-refractivity contribution in [1.29, 1.82) is 0 Å². The minimum atomic E-state index is 0.971. The third kappa shape index (κ3) is 2.42. The zero-order valence-corrected chi connectivity index (χ0v) is 19.0. The third-order valence-corrected chi connectivity index (χ3v) is 12.0. The number of rotatable bonds is 1. The average Bonchev–Trinajstić information content (AvgIpc) is 2.57. The lowest BCUT2D eigenvalue weighted by molar-refractivity contribution is -0.225. The fourth-order valence-electron chi connectivity index (χ4n) is 9.44. The highest BCUT2D eigenvalue weighted by Gasteiger charge is 2.64. The van der Waals surface area contributed by atoms with Gasteiger partial charge in [0.2, 0.25) is 0 Å². The summed E-state index contributed by atoms with van der Waals surface area (Å²) < 4.78 is 0.989. The van der Waals surface area contributed by atoms with Crippen molar-refractivity contribution in [3.8, 4) is 0 Å². The summed E-state index contributed by atoms with van der Waals surface area (Å²) >= 11 is 2.80. The Morgan fingerprint density at radius 1 is 0.731 bits per heavy atom. The van der Waals surface area contributed by atoms with E-state index >= 15 is 0 Å². The van der Waals surface area contributed by atoms with Crippen LogP contribution in [0.15, 0.2) is 0 Å². The number of halogens is 1. The van der Waals surface area contributed by atoms with Crippen LogP contribution >= 0.6 is 22.6 Å². The van der Waals surface area contributed by atoms with E-state index in [1.54, 1.807) is 44.9 Å². The lowest BCUT2D eigenvalue weighted by atomic mass is 9.48. The van der Waals surface area contributed by atoms with Crippen LogP contribution in [0.5, 0.6) is 0 Å². The van der Waals surface area contributed by atoms with Crippen LogP contribution in [0.2, 0.25) is 0 Å². The van der Waals surface area contributed by atoms with E-state index in [-0.39, 0.29) is 0 Å². The van der Waals surface area contributed by atoms with E-state index in [9.17, 15) is 0 Å². The maximum absolute atomic E-state index is 3.06. The summed E-state index contributed by atoms with van der Waals surface area (Å²) in [5.74, 6) is 9.44. The van der Waals surface area contributed by atoms with Crippen molar-refractivity contribution >= 4 is 22.6 Å². The van der Waals surface area contributed by atoms with Crippen molar-refractivity contribution in [2.75, 3.05) is 6.54 Å². The second-order valence-electron chi connectivity index (χ2n) is 11.5. The minimum absolute atomic E-state index is 0.971. The Labute approximate surface area is 174 Å². The molecule has 0 aromatic heterocycles. The molecule has 3 saturated heterocycles. The van der Waals surface area contributed by atoms with Crippen molar-refractivity contribution < 1.29 is 0 Å². The van der Waals surface area contributed by atoms with Gasteiger partial charge >= 0.3 is 0 Å². The Hall–Kier alpha value is 0.690. The van der Waals surface area contributed by atoms with E-state index in [2.05, 4.69) is 41.3 Å². The molecular weight excluding hydrogens is 429 g/mol. The first-order chi connectivity index (χ1) is 12.6. The molecule has 0 spiro atoms. The zero-order valence-electron chi connectivity index (χ0n) is 16.8. The van der Waals surface area contributed by atoms with Gasteiger partial charge in [0.05, 0.1) is 0 Å². The molecule has 2 heteroatoms. The smallest absolute Gasteiger partial charge is 0.0170 e. The summed E-state index contributed by atoms with van der Waals surface area (Å²) in [4.78, 5) is 3.06. The Balaban J connectivity index is 1.27. The molecule has 26 heavy (non-hydrogen) atoms. The van der Waals surface area contributed by atoms with Crippen molar-refractivity contribution in [1.82, 2.24) is 4.90 Å². The molecule has 1 nitrogen and oxygen atoms in total. The largest absolute Gasteiger partial charge is 0.296 e. The number of nitrogens with zero attached hydrogens (tertiary/aromatic N) is 1. The summed E-state index contributed by atoms with van der Waals surface area (Å²) in [6, 6.07) is 2.02. The predicted octanol–water partition coefficient (Wildman–Crippen LogP) is 6.01. The van der Waals surface area contributed by atoms with Crippen molar-refractivity contribution in [3.63, 3.8) is 0 Å². The van der Waals surface area contributed by atoms with Gasteiger partial charge in [0.1, 0.15) is 0 Å². The summed E-state index contributed by atoms with van der Waals surface area (Å²) in [5, 5.41) is 0. The van der Waals surface area contributed by atoms with Crippen LogP contribution in [0.25, 0.3) is 0 Å². The molecular formula is C24H38IN. The predicted molar refractivity (Wildman–Crippen MR) is 116 cm³/mol. The SMILES string of the molecule is CC1CC2C[C@@H](C3CCCC[C@H]4C[C@@H]5CC6C5N(C4)C6[C@@H]3C)C1C[C@@H]2I. The highest BCUT2D eigenvalue weighted by Crippen LogP contribution is 2.62. The second-order valence-corrected chi connectivity index (χ2v) is 13.1. The highest BCUT2D eigenvalue weighted by atomic mass is 127. The van der Waals surface area contributed by atoms with Crippen LogP contribution in [0.4, 0.5) is 0 Å². The average molecular weight is 467 g/mol. The molecule has 12 atom stereocenters. The lowest BCUT2D eigenvalue weighted by Crippen LogP contribution is -2.78.